The van der Waals surface area contributed by atoms with Crippen molar-refractivity contribution in [2.75, 3.05) is 18.5 Å². The standard InChI is InChI=1S/C14H14N2O4S/c1-9-15-12(8-21-9)10-3-2-4-11(5-10)16-13(17)6-20-7-14(18)19/h2-5,8H,6-7H2,1H3,(H,16,17)(H,18,19). The summed E-state index contributed by atoms with van der Waals surface area (Å²) in [4.78, 5) is 26.3. The number of carboxylic acids is 1. The molecule has 7 heteroatoms. The molecule has 0 aliphatic rings. The van der Waals surface area contributed by atoms with Crippen LogP contribution in [0, 0.1) is 6.92 Å². The number of aromatic nitrogens is 1. The third-order valence-corrected chi connectivity index (χ3v) is 3.29. The maximum atomic E-state index is 11.6. The van der Waals surface area contributed by atoms with Gasteiger partial charge in [0.05, 0.1) is 10.7 Å². The molecule has 0 atom stereocenters. The number of anilines is 1. The van der Waals surface area contributed by atoms with Crippen molar-refractivity contribution < 1.29 is 19.4 Å². The lowest BCUT2D eigenvalue weighted by molar-refractivity contribution is -0.143. The second-order valence-corrected chi connectivity index (χ2v) is 5.33. The predicted molar refractivity (Wildman–Crippen MR) is 79.4 cm³/mol. The van der Waals surface area contributed by atoms with Gasteiger partial charge in [0.15, 0.2) is 0 Å². The summed E-state index contributed by atoms with van der Waals surface area (Å²) in [6, 6.07) is 7.28. The molecule has 0 unspecified atom stereocenters. The molecular weight excluding hydrogens is 292 g/mol. The molecule has 0 saturated heterocycles. The van der Waals surface area contributed by atoms with Crippen molar-refractivity contribution in [1.82, 2.24) is 4.98 Å². The molecule has 0 spiro atoms. The highest BCUT2D eigenvalue weighted by molar-refractivity contribution is 7.09. The number of aryl methyl sites for hydroxylation is 1. The Balaban J connectivity index is 1.98. The number of nitrogens with one attached hydrogen (secondary N) is 1. The van der Waals surface area contributed by atoms with Crippen LogP contribution in [0.15, 0.2) is 29.6 Å². The van der Waals surface area contributed by atoms with E-state index in [2.05, 4.69) is 10.3 Å². The van der Waals surface area contributed by atoms with Crippen LogP contribution < -0.4 is 5.32 Å². The van der Waals surface area contributed by atoms with Crippen LogP contribution in [-0.4, -0.2) is 35.2 Å². The molecule has 1 aromatic carbocycles. The second kappa shape index (κ2) is 6.96. The summed E-state index contributed by atoms with van der Waals surface area (Å²) < 4.78 is 4.73. The van der Waals surface area contributed by atoms with Crippen molar-refractivity contribution in [2.24, 2.45) is 0 Å². The molecule has 0 radical (unpaired) electrons. The summed E-state index contributed by atoms with van der Waals surface area (Å²) in [6.07, 6.45) is 0. The van der Waals surface area contributed by atoms with E-state index in [0.717, 1.165) is 16.3 Å². The lowest BCUT2D eigenvalue weighted by Crippen LogP contribution is -2.20. The van der Waals surface area contributed by atoms with Crippen LogP contribution in [0.2, 0.25) is 0 Å². The molecule has 6 nitrogen and oxygen atoms in total. The Morgan fingerprint density at radius 2 is 2.19 bits per heavy atom. The normalized spacial score (nSPS) is 10.3. The van der Waals surface area contributed by atoms with Gasteiger partial charge in [-0.3, -0.25) is 4.79 Å². The van der Waals surface area contributed by atoms with Crippen molar-refractivity contribution in [3.05, 3.63) is 34.7 Å². The largest absolute Gasteiger partial charge is 0.480 e. The van der Waals surface area contributed by atoms with Crippen LogP contribution in [0.1, 0.15) is 5.01 Å². The number of nitrogens with zero attached hydrogens (tertiary/aromatic N) is 1. The van der Waals surface area contributed by atoms with Crippen molar-refractivity contribution in [2.45, 2.75) is 6.92 Å². The highest BCUT2D eigenvalue weighted by Gasteiger charge is 2.07. The topological polar surface area (TPSA) is 88.5 Å². The SMILES string of the molecule is Cc1nc(-c2cccc(NC(=O)COCC(=O)O)c2)cs1. The maximum absolute atomic E-state index is 11.6. The molecule has 0 aliphatic heterocycles. The third-order valence-electron chi connectivity index (χ3n) is 2.52. The maximum Gasteiger partial charge on any atom is 0.329 e. The fourth-order valence-corrected chi connectivity index (χ4v) is 2.30. The molecule has 0 fully saturated rings. The summed E-state index contributed by atoms with van der Waals surface area (Å²) in [5.41, 5.74) is 2.38. The first-order valence-corrected chi connectivity index (χ1v) is 7.04. The minimum Gasteiger partial charge on any atom is -0.480 e. The van der Waals surface area contributed by atoms with Crippen LogP contribution in [0.25, 0.3) is 11.3 Å². The minimum atomic E-state index is -1.11. The number of carbonyl (C=O) groups excluding carboxylic acids is 1. The van der Waals surface area contributed by atoms with Gasteiger partial charge < -0.3 is 15.2 Å². The molecule has 1 heterocycles. The van der Waals surface area contributed by atoms with Crippen molar-refractivity contribution in [1.29, 1.82) is 0 Å². The number of ether oxygens (including phenoxy) is 1. The number of carboxylic acid groups (broad SMARTS) is 1. The average Bonchev–Trinajstić information content (AvgIpc) is 2.85. The van der Waals surface area contributed by atoms with E-state index in [0.29, 0.717) is 5.69 Å². The molecule has 1 aromatic heterocycles. The zero-order valence-electron chi connectivity index (χ0n) is 11.3. The fourth-order valence-electron chi connectivity index (χ4n) is 1.68. The van der Waals surface area contributed by atoms with E-state index in [1.807, 2.05) is 30.5 Å². The van der Waals surface area contributed by atoms with Gasteiger partial charge >= 0.3 is 5.97 Å². The van der Waals surface area contributed by atoms with Crippen LogP contribution in [-0.2, 0) is 14.3 Å². The van der Waals surface area contributed by atoms with Crippen LogP contribution in [0.5, 0.6) is 0 Å². The van der Waals surface area contributed by atoms with Gasteiger partial charge in [0, 0.05) is 16.6 Å². The number of benzene rings is 1. The Morgan fingerprint density at radius 1 is 1.38 bits per heavy atom. The van der Waals surface area contributed by atoms with Crippen LogP contribution >= 0.6 is 11.3 Å². The molecule has 1 amide bonds. The number of aliphatic carboxylic acids is 1. The Bertz CT molecular complexity index is 654. The van der Waals surface area contributed by atoms with E-state index >= 15 is 0 Å². The molecule has 21 heavy (non-hydrogen) atoms. The number of carbonyl (C=O) groups is 2. The predicted octanol–water partition coefficient (Wildman–Crippen LogP) is 2.16. The van der Waals surface area contributed by atoms with E-state index < -0.39 is 18.5 Å². The van der Waals surface area contributed by atoms with Gasteiger partial charge in [-0.2, -0.15) is 0 Å². The van der Waals surface area contributed by atoms with Gasteiger partial charge in [0.25, 0.3) is 0 Å². The van der Waals surface area contributed by atoms with Gasteiger partial charge in [0.1, 0.15) is 13.2 Å². The number of hydrogen-bond donors (Lipinski definition) is 2. The first-order valence-electron chi connectivity index (χ1n) is 6.16. The van der Waals surface area contributed by atoms with Gasteiger partial charge in [-0.05, 0) is 19.1 Å². The quantitative estimate of drug-likeness (QED) is 0.853. The van der Waals surface area contributed by atoms with Crippen molar-refractivity contribution >= 4 is 28.9 Å². The summed E-state index contributed by atoms with van der Waals surface area (Å²) in [6.45, 7) is 1.14. The first kappa shape index (κ1) is 15.1. The number of amides is 1. The smallest absolute Gasteiger partial charge is 0.329 e. The lowest BCUT2D eigenvalue weighted by atomic mass is 10.1. The van der Waals surface area contributed by atoms with E-state index in [-0.39, 0.29) is 6.61 Å². The van der Waals surface area contributed by atoms with E-state index in [1.165, 1.54) is 0 Å². The minimum absolute atomic E-state index is 0.299. The van der Waals surface area contributed by atoms with Gasteiger partial charge in [-0.1, -0.05) is 12.1 Å². The highest BCUT2D eigenvalue weighted by atomic mass is 32.1. The Labute approximate surface area is 125 Å². The van der Waals surface area contributed by atoms with Gasteiger partial charge in [-0.25, -0.2) is 9.78 Å². The number of thiazole rings is 1. The van der Waals surface area contributed by atoms with E-state index in [1.54, 1.807) is 17.4 Å². The Kier molecular flexibility index (Phi) is 5.02. The zero-order chi connectivity index (χ0) is 15.2. The number of hydrogen-bond acceptors (Lipinski definition) is 5. The summed E-state index contributed by atoms with van der Waals surface area (Å²) in [5, 5.41) is 14.0. The molecule has 2 N–H and O–H groups in total. The summed E-state index contributed by atoms with van der Waals surface area (Å²) in [5.74, 6) is -1.51. The molecule has 0 aliphatic carbocycles. The summed E-state index contributed by atoms with van der Waals surface area (Å²) in [7, 11) is 0. The average molecular weight is 306 g/mol. The fraction of sp³-hybridized carbons (Fsp3) is 0.214. The monoisotopic (exact) mass is 306 g/mol. The van der Waals surface area contributed by atoms with E-state index in [9.17, 15) is 9.59 Å². The molecule has 0 saturated carbocycles. The Morgan fingerprint density at radius 3 is 2.86 bits per heavy atom. The number of rotatable bonds is 6. The van der Waals surface area contributed by atoms with Crippen LogP contribution in [0.3, 0.4) is 0 Å². The van der Waals surface area contributed by atoms with Crippen LogP contribution in [0.4, 0.5) is 5.69 Å². The molecule has 110 valence electrons. The first-order chi connectivity index (χ1) is 10.0. The lowest BCUT2D eigenvalue weighted by Gasteiger charge is -2.06. The zero-order valence-corrected chi connectivity index (χ0v) is 12.1. The summed E-state index contributed by atoms with van der Waals surface area (Å²) >= 11 is 1.56. The Hall–Kier alpha value is -2.25. The van der Waals surface area contributed by atoms with E-state index in [4.69, 9.17) is 9.84 Å². The highest BCUT2D eigenvalue weighted by Crippen LogP contribution is 2.24. The second-order valence-electron chi connectivity index (χ2n) is 4.27. The molecule has 2 aromatic rings. The molecular formula is C14H14N2O4S. The molecule has 2 rings (SSSR count). The van der Waals surface area contributed by atoms with Crippen molar-refractivity contribution in [3.8, 4) is 11.3 Å². The van der Waals surface area contributed by atoms with Gasteiger partial charge in [-0.15, -0.1) is 11.3 Å². The third kappa shape index (κ3) is 4.66. The van der Waals surface area contributed by atoms with Crippen molar-refractivity contribution in [3.63, 3.8) is 0 Å². The van der Waals surface area contributed by atoms with Gasteiger partial charge in [0.2, 0.25) is 5.91 Å². The molecule has 0 bridgehead atoms.